The molecule has 0 bridgehead atoms. The predicted octanol–water partition coefficient (Wildman–Crippen LogP) is 4.95. The minimum Gasteiger partial charge on any atom is -0.436 e. The Morgan fingerprint density at radius 2 is 1.96 bits per heavy atom. The van der Waals surface area contributed by atoms with Crippen molar-refractivity contribution < 1.29 is 9.34 Å². The average molecular weight is 351 g/mol. The summed E-state index contributed by atoms with van der Waals surface area (Å²) in [6, 6.07) is 11.0. The van der Waals surface area contributed by atoms with Gasteiger partial charge in [0.1, 0.15) is 11.2 Å². The number of hydrogen-bond donors (Lipinski definition) is 0. The Labute approximate surface area is 151 Å². The highest BCUT2D eigenvalue weighted by Crippen LogP contribution is 2.35. The molecule has 134 valence electrons. The standard InChI is InChI=1S/C20H21N3O3/c1-13-7-9-22(10-8-13)17-5-4-15(12-18(17)23(24)25)20-21-16-11-14(2)3-6-19(16)26-20/h3-6,11-13H,7-10H2,1-2H3. The molecule has 0 saturated carbocycles. The number of rotatable bonds is 3. The quantitative estimate of drug-likeness (QED) is 0.493. The van der Waals surface area contributed by atoms with E-state index in [2.05, 4.69) is 16.8 Å². The normalized spacial score (nSPS) is 15.5. The lowest BCUT2D eigenvalue weighted by molar-refractivity contribution is -0.384. The van der Waals surface area contributed by atoms with E-state index in [0.717, 1.165) is 37.0 Å². The molecular weight excluding hydrogens is 330 g/mol. The van der Waals surface area contributed by atoms with Gasteiger partial charge >= 0.3 is 0 Å². The number of anilines is 1. The molecule has 6 heteroatoms. The zero-order valence-electron chi connectivity index (χ0n) is 14.9. The highest BCUT2D eigenvalue weighted by atomic mass is 16.6. The Morgan fingerprint density at radius 1 is 1.19 bits per heavy atom. The summed E-state index contributed by atoms with van der Waals surface area (Å²) in [5.41, 5.74) is 3.95. The number of nitro benzene ring substituents is 1. The molecule has 1 saturated heterocycles. The van der Waals surface area contributed by atoms with Gasteiger partial charge in [0.2, 0.25) is 5.89 Å². The third-order valence-corrected chi connectivity index (χ3v) is 5.09. The summed E-state index contributed by atoms with van der Waals surface area (Å²) in [5.74, 6) is 1.08. The Hall–Kier alpha value is -2.89. The van der Waals surface area contributed by atoms with Crippen LogP contribution in [-0.2, 0) is 0 Å². The van der Waals surface area contributed by atoms with E-state index in [-0.39, 0.29) is 10.6 Å². The van der Waals surface area contributed by atoms with Gasteiger partial charge in [-0.2, -0.15) is 0 Å². The first kappa shape index (κ1) is 16.6. The maximum Gasteiger partial charge on any atom is 0.293 e. The monoisotopic (exact) mass is 351 g/mol. The largest absolute Gasteiger partial charge is 0.436 e. The van der Waals surface area contributed by atoms with Crippen LogP contribution in [-0.4, -0.2) is 23.0 Å². The van der Waals surface area contributed by atoms with E-state index in [1.165, 1.54) is 0 Å². The lowest BCUT2D eigenvalue weighted by Gasteiger charge is -2.31. The summed E-state index contributed by atoms with van der Waals surface area (Å²) in [4.78, 5) is 17.9. The minimum absolute atomic E-state index is 0.107. The van der Waals surface area contributed by atoms with Crippen molar-refractivity contribution in [1.29, 1.82) is 0 Å². The van der Waals surface area contributed by atoms with Gasteiger partial charge in [0.25, 0.3) is 5.69 Å². The molecule has 1 aliphatic rings. The van der Waals surface area contributed by atoms with Gasteiger partial charge in [0, 0.05) is 24.7 Å². The fourth-order valence-electron chi connectivity index (χ4n) is 3.48. The Kier molecular flexibility index (Phi) is 4.11. The van der Waals surface area contributed by atoms with E-state index in [1.807, 2.05) is 37.3 Å². The van der Waals surface area contributed by atoms with Crippen LogP contribution in [0.3, 0.4) is 0 Å². The van der Waals surface area contributed by atoms with E-state index in [0.29, 0.717) is 28.6 Å². The molecule has 1 aliphatic heterocycles. The highest BCUT2D eigenvalue weighted by Gasteiger charge is 2.24. The van der Waals surface area contributed by atoms with Crippen LogP contribution < -0.4 is 4.90 Å². The van der Waals surface area contributed by atoms with Gasteiger partial charge in [-0.15, -0.1) is 0 Å². The molecule has 4 rings (SSSR count). The molecule has 0 spiro atoms. The summed E-state index contributed by atoms with van der Waals surface area (Å²) in [6.45, 7) is 5.92. The molecule has 0 N–H and O–H groups in total. The molecule has 3 aromatic rings. The molecule has 1 aromatic heterocycles. The van der Waals surface area contributed by atoms with E-state index >= 15 is 0 Å². The molecule has 6 nitrogen and oxygen atoms in total. The van der Waals surface area contributed by atoms with Crippen LogP contribution in [0.25, 0.3) is 22.6 Å². The SMILES string of the molecule is Cc1ccc2oc(-c3ccc(N4CCC(C)CC4)c([N+](=O)[O-])c3)nc2c1. The van der Waals surface area contributed by atoms with Crippen LogP contribution in [0.2, 0.25) is 0 Å². The third-order valence-electron chi connectivity index (χ3n) is 5.09. The van der Waals surface area contributed by atoms with E-state index in [1.54, 1.807) is 6.07 Å². The first-order valence-corrected chi connectivity index (χ1v) is 8.92. The van der Waals surface area contributed by atoms with Crippen LogP contribution in [0.4, 0.5) is 11.4 Å². The van der Waals surface area contributed by atoms with Crippen molar-refractivity contribution in [1.82, 2.24) is 4.98 Å². The molecule has 1 fully saturated rings. The maximum atomic E-state index is 11.7. The Morgan fingerprint density at radius 3 is 2.69 bits per heavy atom. The molecule has 0 atom stereocenters. The molecule has 0 aliphatic carbocycles. The van der Waals surface area contributed by atoms with Crippen LogP contribution >= 0.6 is 0 Å². The number of nitrogens with zero attached hydrogens (tertiary/aromatic N) is 3. The molecular formula is C20H21N3O3. The fourth-order valence-corrected chi connectivity index (χ4v) is 3.48. The summed E-state index contributed by atoms with van der Waals surface area (Å²) in [7, 11) is 0. The summed E-state index contributed by atoms with van der Waals surface area (Å²) < 4.78 is 5.80. The number of piperidine rings is 1. The van der Waals surface area contributed by atoms with E-state index in [4.69, 9.17) is 4.42 Å². The maximum absolute atomic E-state index is 11.7. The molecule has 2 heterocycles. The second-order valence-electron chi connectivity index (χ2n) is 7.12. The summed E-state index contributed by atoms with van der Waals surface area (Å²) >= 11 is 0. The predicted molar refractivity (Wildman–Crippen MR) is 101 cm³/mol. The van der Waals surface area contributed by atoms with Gasteiger partial charge in [-0.1, -0.05) is 13.0 Å². The number of aryl methyl sites for hydroxylation is 1. The molecule has 0 unspecified atom stereocenters. The molecule has 2 aromatic carbocycles. The number of nitro groups is 1. The minimum atomic E-state index is -0.316. The zero-order valence-corrected chi connectivity index (χ0v) is 14.9. The van der Waals surface area contributed by atoms with Crippen molar-refractivity contribution in [2.24, 2.45) is 5.92 Å². The molecule has 0 radical (unpaired) electrons. The van der Waals surface area contributed by atoms with Gasteiger partial charge < -0.3 is 9.32 Å². The third kappa shape index (κ3) is 3.03. The van der Waals surface area contributed by atoms with Gasteiger partial charge in [0.15, 0.2) is 5.58 Å². The first-order chi connectivity index (χ1) is 12.5. The van der Waals surface area contributed by atoms with Gasteiger partial charge in [0.05, 0.1) is 4.92 Å². The van der Waals surface area contributed by atoms with Gasteiger partial charge in [-0.3, -0.25) is 10.1 Å². The van der Waals surface area contributed by atoms with Crippen LogP contribution in [0.15, 0.2) is 40.8 Å². The van der Waals surface area contributed by atoms with Gasteiger partial charge in [-0.05, 0) is 55.5 Å². The Bertz CT molecular complexity index is 972. The number of oxazole rings is 1. The van der Waals surface area contributed by atoms with E-state index < -0.39 is 0 Å². The van der Waals surface area contributed by atoms with Gasteiger partial charge in [-0.25, -0.2) is 4.98 Å². The fraction of sp³-hybridized carbons (Fsp3) is 0.350. The lowest BCUT2D eigenvalue weighted by atomic mass is 9.98. The summed E-state index contributed by atoms with van der Waals surface area (Å²) in [5, 5.41) is 11.7. The topological polar surface area (TPSA) is 72.4 Å². The molecule has 0 amide bonds. The number of aromatic nitrogens is 1. The number of benzene rings is 2. The summed E-state index contributed by atoms with van der Waals surface area (Å²) in [6.07, 6.45) is 2.12. The smallest absolute Gasteiger partial charge is 0.293 e. The van der Waals surface area contributed by atoms with Crippen molar-refractivity contribution in [2.45, 2.75) is 26.7 Å². The van der Waals surface area contributed by atoms with Crippen molar-refractivity contribution in [3.05, 3.63) is 52.1 Å². The highest BCUT2D eigenvalue weighted by molar-refractivity contribution is 5.78. The Balaban J connectivity index is 1.73. The van der Waals surface area contributed by atoms with Crippen molar-refractivity contribution in [2.75, 3.05) is 18.0 Å². The van der Waals surface area contributed by atoms with E-state index in [9.17, 15) is 10.1 Å². The average Bonchev–Trinajstić information content (AvgIpc) is 3.05. The van der Waals surface area contributed by atoms with Crippen molar-refractivity contribution in [3.63, 3.8) is 0 Å². The molecule has 26 heavy (non-hydrogen) atoms. The zero-order chi connectivity index (χ0) is 18.3. The van der Waals surface area contributed by atoms with Crippen molar-refractivity contribution >= 4 is 22.5 Å². The van der Waals surface area contributed by atoms with Crippen LogP contribution in [0, 0.1) is 23.0 Å². The lowest BCUT2D eigenvalue weighted by Crippen LogP contribution is -2.33. The van der Waals surface area contributed by atoms with Crippen LogP contribution in [0.1, 0.15) is 25.3 Å². The van der Waals surface area contributed by atoms with Crippen LogP contribution in [0.5, 0.6) is 0 Å². The number of hydrogen-bond acceptors (Lipinski definition) is 5. The first-order valence-electron chi connectivity index (χ1n) is 8.92. The second kappa shape index (κ2) is 6.44. The van der Waals surface area contributed by atoms with Crippen molar-refractivity contribution in [3.8, 4) is 11.5 Å². The number of fused-ring (bicyclic) bond motifs is 1. The second-order valence-corrected chi connectivity index (χ2v) is 7.12.